The van der Waals surface area contributed by atoms with Crippen molar-refractivity contribution in [3.05, 3.63) is 29.8 Å². The maximum absolute atomic E-state index is 11.9. The molecule has 110 valence electrons. The van der Waals surface area contributed by atoms with Crippen molar-refractivity contribution in [1.82, 2.24) is 5.32 Å². The Balaban J connectivity index is 1.74. The van der Waals surface area contributed by atoms with Crippen molar-refractivity contribution in [1.29, 1.82) is 0 Å². The number of amides is 1. The lowest BCUT2D eigenvalue weighted by Gasteiger charge is -2.15. The summed E-state index contributed by atoms with van der Waals surface area (Å²) < 4.78 is 5.80. The molecule has 0 unspecified atom stereocenters. The molecule has 1 amide bonds. The van der Waals surface area contributed by atoms with E-state index in [0.717, 1.165) is 18.6 Å². The summed E-state index contributed by atoms with van der Waals surface area (Å²) in [5, 5.41) is 2.98. The van der Waals surface area contributed by atoms with Gasteiger partial charge in [-0.1, -0.05) is 44.9 Å². The molecule has 1 aliphatic carbocycles. The summed E-state index contributed by atoms with van der Waals surface area (Å²) in [5.41, 5.74) is 1.22. The zero-order valence-electron chi connectivity index (χ0n) is 12.5. The van der Waals surface area contributed by atoms with Gasteiger partial charge in [0.15, 0.2) is 0 Å². The molecule has 1 fully saturated rings. The van der Waals surface area contributed by atoms with Crippen LogP contribution in [0.25, 0.3) is 0 Å². The Morgan fingerprint density at radius 1 is 1.30 bits per heavy atom. The van der Waals surface area contributed by atoms with E-state index in [9.17, 15) is 4.79 Å². The van der Waals surface area contributed by atoms with Crippen LogP contribution in [0.2, 0.25) is 0 Å². The van der Waals surface area contributed by atoms with E-state index in [-0.39, 0.29) is 11.8 Å². The zero-order chi connectivity index (χ0) is 14.4. The summed E-state index contributed by atoms with van der Waals surface area (Å²) in [4.78, 5) is 11.9. The highest BCUT2D eigenvalue weighted by atomic mass is 16.5. The Labute approximate surface area is 121 Å². The van der Waals surface area contributed by atoms with E-state index in [1.165, 1.54) is 18.4 Å². The lowest BCUT2D eigenvalue weighted by atomic mass is 10.0. The molecular weight excluding hydrogens is 250 g/mol. The van der Waals surface area contributed by atoms with E-state index in [1.54, 1.807) is 0 Å². The van der Waals surface area contributed by atoms with E-state index in [2.05, 4.69) is 25.2 Å². The van der Waals surface area contributed by atoms with Gasteiger partial charge in [0.1, 0.15) is 12.4 Å². The van der Waals surface area contributed by atoms with E-state index >= 15 is 0 Å². The molecule has 1 saturated carbocycles. The predicted octanol–water partition coefficient (Wildman–Crippen LogP) is 3.50. The third-order valence-corrected chi connectivity index (χ3v) is 3.93. The number of rotatable bonds is 6. The minimum Gasteiger partial charge on any atom is -0.491 e. The highest BCUT2D eigenvalue weighted by Gasteiger charge is 2.21. The number of ether oxygens (including phenoxy) is 1. The number of hydrogen-bond donors (Lipinski definition) is 1. The van der Waals surface area contributed by atoms with Crippen LogP contribution in [0.15, 0.2) is 24.3 Å². The molecule has 0 atom stereocenters. The molecule has 0 aromatic heterocycles. The molecule has 0 bridgehead atoms. The second-order valence-electron chi connectivity index (χ2n) is 5.81. The molecule has 0 saturated heterocycles. The first kappa shape index (κ1) is 14.9. The lowest BCUT2D eigenvalue weighted by molar-refractivity contribution is -0.124. The molecule has 1 aliphatic rings. The molecular formula is C17H25NO2. The van der Waals surface area contributed by atoms with Crippen LogP contribution in [0.3, 0.4) is 0 Å². The molecule has 1 aromatic carbocycles. The zero-order valence-corrected chi connectivity index (χ0v) is 12.5. The van der Waals surface area contributed by atoms with Crippen LogP contribution < -0.4 is 10.1 Å². The molecule has 3 nitrogen and oxygen atoms in total. The topological polar surface area (TPSA) is 38.3 Å². The molecule has 2 rings (SSSR count). The van der Waals surface area contributed by atoms with Gasteiger partial charge in [-0.3, -0.25) is 4.79 Å². The average molecular weight is 275 g/mol. The summed E-state index contributed by atoms with van der Waals surface area (Å²) in [5.74, 6) is 1.80. The Hall–Kier alpha value is -1.51. The number of nitrogens with one attached hydrogen (secondary N) is 1. The number of hydrogen-bond acceptors (Lipinski definition) is 2. The molecule has 3 heteroatoms. The normalized spacial score (nSPS) is 15.6. The predicted molar refractivity (Wildman–Crippen MR) is 81.0 cm³/mol. The largest absolute Gasteiger partial charge is 0.491 e. The first-order valence-corrected chi connectivity index (χ1v) is 7.68. The van der Waals surface area contributed by atoms with Crippen molar-refractivity contribution in [2.24, 2.45) is 5.92 Å². The van der Waals surface area contributed by atoms with Crippen LogP contribution in [0.5, 0.6) is 5.75 Å². The fourth-order valence-electron chi connectivity index (χ4n) is 2.76. The molecule has 0 spiro atoms. The summed E-state index contributed by atoms with van der Waals surface area (Å²) in [6, 6.07) is 8.10. The van der Waals surface area contributed by atoms with Crippen molar-refractivity contribution < 1.29 is 9.53 Å². The molecule has 0 heterocycles. The van der Waals surface area contributed by atoms with Crippen molar-refractivity contribution >= 4 is 5.91 Å². The summed E-state index contributed by atoms with van der Waals surface area (Å²) in [6.45, 7) is 5.43. The van der Waals surface area contributed by atoms with Crippen molar-refractivity contribution in [2.75, 3.05) is 13.2 Å². The third-order valence-electron chi connectivity index (χ3n) is 3.93. The Morgan fingerprint density at radius 3 is 2.70 bits per heavy atom. The molecule has 0 aliphatic heterocycles. The van der Waals surface area contributed by atoms with Crippen LogP contribution in [0.1, 0.15) is 51.0 Å². The number of benzene rings is 1. The Morgan fingerprint density at radius 2 is 2.00 bits per heavy atom. The molecule has 0 radical (unpaired) electrons. The van der Waals surface area contributed by atoms with Crippen LogP contribution in [0, 0.1) is 5.92 Å². The molecule has 20 heavy (non-hydrogen) atoms. The Bertz CT molecular complexity index is 436. The minimum atomic E-state index is 0.197. The standard InChI is InChI=1S/C17H25NO2/c1-13(2)15-9-5-6-10-16(15)20-12-11-18-17(19)14-7-3-4-8-14/h5-6,9-10,13-14H,3-4,7-8,11-12H2,1-2H3,(H,18,19). The van der Waals surface area contributed by atoms with Crippen molar-refractivity contribution in [3.63, 3.8) is 0 Å². The van der Waals surface area contributed by atoms with Gasteiger partial charge >= 0.3 is 0 Å². The third kappa shape index (κ3) is 3.99. The first-order valence-electron chi connectivity index (χ1n) is 7.68. The van der Waals surface area contributed by atoms with Crippen LogP contribution >= 0.6 is 0 Å². The van der Waals surface area contributed by atoms with Gasteiger partial charge < -0.3 is 10.1 Å². The van der Waals surface area contributed by atoms with Gasteiger partial charge in [0.25, 0.3) is 0 Å². The quantitative estimate of drug-likeness (QED) is 0.807. The maximum Gasteiger partial charge on any atom is 0.223 e. The van der Waals surface area contributed by atoms with Gasteiger partial charge in [0.05, 0.1) is 6.54 Å². The number of carbonyl (C=O) groups is 1. The number of carbonyl (C=O) groups excluding carboxylic acids is 1. The van der Waals surface area contributed by atoms with Gasteiger partial charge in [0, 0.05) is 5.92 Å². The molecule has 1 aromatic rings. The highest BCUT2D eigenvalue weighted by Crippen LogP contribution is 2.26. The van der Waals surface area contributed by atoms with E-state index in [4.69, 9.17) is 4.74 Å². The lowest BCUT2D eigenvalue weighted by Crippen LogP contribution is -2.32. The van der Waals surface area contributed by atoms with Gasteiger partial charge in [-0.25, -0.2) is 0 Å². The monoisotopic (exact) mass is 275 g/mol. The fourth-order valence-corrected chi connectivity index (χ4v) is 2.76. The maximum atomic E-state index is 11.9. The van der Waals surface area contributed by atoms with Crippen LogP contribution in [-0.2, 0) is 4.79 Å². The van der Waals surface area contributed by atoms with Crippen LogP contribution in [0.4, 0.5) is 0 Å². The van der Waals surface area contributed by atoms with E-state index < -0.39 is 0 Å². The fraction of sp³-hybridized carbons (Fsp3) is 0.588. The van der Waals surface area contributed by atoms with Crippen molar-refractivity contribution in [3.8, 4) is 5.75 Å². The highest BCUT2D eigenvalue weighted by molar-refractivity contribution is 5.78. The summed E-state index contributed by atoms with van der Waals surface area (Å²) in [6.07, 6.45) is 4.47. The van der Waals surface area contributed by atoms with Gasteiger partial charge in [-0.2, -0.15) is 0 Å². The Kier molecular flexibility index (Phi) is 5.45. The van der Waals surface area contributed by atoms with Gasteiger partial charge in [-0.05, 0) is 30.4 Å². The van der Waals surface area contributed by atoms with Gasteiger partial charge in [-0.15, -0.1) is 0 Å². The first-order chi connectivity index (χ1) is 9.68. The number of para-hydroxylation sites is 1. The average Bonchev–Trinajstić information content (AvgIpc) is 2.98. The SMILES string of the molecule is CC(C)c1ccccc1OCCNC(=O)C1CCCC1. The molecule has 1 N–H and O–H groups in total. The van der Waals surface area contributed by atoms with E-state index in [0.29, 0.717) is 19.1 Å². The second-order valence-corrected chi connectivity index (χ2v) is 5.81. The minimum absolute atomic E-state index is 0.197. The summed E-state index contributed by atoms with van der Waals surface area (Å²) >= 11 is 0. The smallest absolute Gasteiger partial charge is 0.223 e. The van der Waals surface area contributed by atoms with Crippen molar-refractivity contribution in [2.45, 2.75) is 45.4 Å². The van der Waals surface area contributed by atoms with E-state index in [1.807, 2.05) is 18.2 Å². The second kappa shape index (κ2) is 7.32. The van der Waals surface area contributed by atoms with Gasteiger partial charge in [0.2, 0.25) is 5.91 Å². The summed E-state index contributed by atoms with van der Waals surface area (Å²) in [7, 11) is 0. The van der Waals surface area contributed by atoms with Crippen LogP contribution in [-0.4, -0.2) is 19.1 Å².